The second-order valence-corrected chi connectivity index (χ2v) is 8.85. The van der Waals surface area contributed by atoms with Crippen molar-refractivity contribution in [2.75, 3.05) is 34.2 Å². The Morgan fingerprint density at radius 2 is 2.08 bits per heavy atom. The first kappa shape index (κ1) is 17.8. The molecule has 2 atom stereocenters. The van der Waals surface area contributed by atoms with Gasteiger partial charge in [0.15, 0.2) is 0 Å². The monoisotopic (exact) mass is 345 g/mol. The Balaban J connectivity index is 1.67. The zero-order chi connectivity index (χ0) is 17.1. The molecular weight excluding hydrogens is 314 g/mol. The van der Waals surface area contributed by atoms with E-state index in [1.165, 1.54) is 59.6 Å². The van der Waals surface area contributed by atoms with Crippen molar-refractivity contribution in [3.8, 4) is 0 Å². The van der Waals surface area contributed by atoms with Gasteiger partial charge in [-0.15, -0.1) is 11.3 Å². The molecule has 0 radical (unpaired) electrons. The van der Waals surface area contributed by atoms with Crippen LogP contribution in [-0.2, 0) is 6.42 Å². The van der Waals surface area contributed by atoms with Crippen LogP contribution in [0.25, 0.3) is 10.2 Å². The summed E-state index contributed by atoms with van der Waals surface area (Å²) in [7, 11) is 6.55. The van der Waals surface area contributed by atoms with Crippen molar-refractivity contribution in [2.45, 2.75) is 45.1 Å². The van der Waals surface area contributed by atoms with Gasteiger partial charge in [-0.05, 0) is 83.4 Å². The predicted molar refractivity (Wildman–Crippen MR) is 105 cm³/mol. The van der Waals surface area contributed by atoms with Gasteiger partial charge in [0.1, 0.15) is 0 Å². The molecule has 1 saturated heterocycles. The molecule has 3 nitrogen and oxygen atoms in total. The third kappa shape index (κ3) is 4.35. The molecule has 0 spiro atoms. The van der Waals surface area contributed by atoms with E-state index in [2.05, 4.69) is 56.1 Å². The number of aromatic nitrogens is 1. The number of aryl methyl sites for hydroxylation is 1. The molecule has 2 aromatic rings. The second kappa shape index (κ2) is 7.94. The van der Waals surface area contributed by atoms with Crippen LogP contribution < -0.4 is 0 Å². The summed E-state index contributed by atoms with van der Waals surface area (Å²) in [4.78, 5) is 9.69. The van der Waals surface area contributed by atoms with Gasteiger partial charge in [-0.2, -0.15) is 0 Å². The number of piperidine rings is 1. The lowest BCUT2D eigenvalue weighted by atomic mass is 9.90. The van der Waals surface area contributed by atoms with E-state index in [1.54, 1.807) is 0 Å². The molecule has 1 fully saturated rings. The molecule has 0 N–H and O–H groups in total. The SMILES string of the molecule is C[C@H]1CC[C@H](c2ccc3sc(CCCCN(C)C)nc3c2)N(C)C1. The number of fused-ring (bicyclic) bond motifs is 1. The van der Waals surface area contributed by atoms with Gasteiger partial charge in [-0.25, -0.2) is 4.98 Å². The lowest BCUT2D eigenvalue weighted by Gasteiger charge is -2.36. The van der Waals surface area contributed by atoms with Gasteiger partial charge in [-0.3, -0.25) is 4.90 Å². The molecule has 1 aliphatic rings. The van der Waals surface area contributed by atoms with Gasteiger partial charge in [0.05, 0.1) is 15.2 Å². The van der Waals surface area contributed by atoms with Gasteiger partial charge in [-0.1, -0.05) is 13.0 Å². The van der Waals surface area contributed by atoms with Crippen LogP contribution in [0.3, 0.4) is 0 Å². The molecular formula is C20H31N3S. The number of likely N-dealkylation sites (tertiary alicyclic amines) is 1. The molecule has 1 aromatic carbocycles. The number of nitrogens with zero attached hydrogens (tertiary/aromatic N) is 3. The zero-order valence-electron chi connectivity index (χ0n) is 15.6. The highest BCUT2D eigenvalue weighted by atomic mass is 32.1. The molecule has 0 bridgehead atoms. The van der Waals surface area contributed by atoms with E-state index in [0.29, 0.717) is 6.04 Å². The van der Waals surface area contributed by atoms with Crippen molar-refractivity contribution in [2.24, 2.45) is 5.92 Å². The standard InChI is InChI=1S/C20H31N3S/c1-15-8-10-18(23(4)14-15)16-9-11-19-17(13-16)21-20(24-19)7-5-6-12-22(2)3/h9,11,13,15,18H,5-8,10,12,14H2,1-4H3/t15-,18+/m0/s1. The van der Waals surface area contributed by atoms with Crippen molar-refractivity contribution in [1.29, 1.82) is 0 Å². The number of hydrogen-bond donors (Lipinski definition) is 0. The lowest BCUT2D eigenvalue weighted by Crippen LogP contribution is -2.33. The van der Waals surface area contributed by atoms with Crippen LogP contribution in [0.5, 0.6) is 0 Å². The topological polar surface area (TPSA) is 19.4 Å². The van der Waals surface area contributed by atoms with Gasteiger partial charge >= 0.3 is 0 Å². The fraction of sp³-hybridized carbons (Fsp3) is 0.650. The third-order valence-corrected chi connectivity index (χ3v) is 6.25. The molecule has 2 heterocycles. The number of unbranched alkanes of at least 4 members (excludes halogenated alkanes) is 1. The first-order valence-corrected chi connectivity index (χ1v) is 10.1. The Kier molecular flexibility index (Phi) is 5.90. The van der Waals surface area contributed by atoms with Crippen LogP contribution in [0, 0.1) is 5.92 Å². The molecule has 4 heteroatoms. The first-order valence-electron chi connectivity index (χ1n) is 9.27. The van der Waals surface area contributed by atoms with E-state index in [4.69, 9.17) is 4.98 Å². The van der Waals surface area contributed by atoms with Gasteiger partial charge < -0.3 is 4.90 Å². The Hall–Kier alpha value is -0.970. The summed E-state index contributed by atoms with van der Waals surface area (Å²) in [6.45, 7) is 4.73. The van der Waals surface area contributed by atoms with Crippen LogP contribution in [0.2, 0.25) is 0 Å². The molecule has 0 saturated carbocycles. The van der Waals surface area contributed by atoms with Gasteiger partial charge in [0.25, 0.3) is 0 Å². The zero-order valence-corrected chi connectivity index (χ0v) is 16.4. The maximum absolute atomic E-state index is 4.91. The van der Waals surface area contributed by atoms with Crippen molar-refractivity contribution in [1.82, 2.24) is 14.8 Å². The van der Waals surface area contributed by atoms with E-state index in [9.17, 15) is 0 Å². The highest BCUT2D eigenvalue weighted by Gasteiger charge is 2.24. The summed E-state index contributed by atoms with van der Waals surface area (Å²) in [5.41, 5.74) is 2.65. The van der Waals surface area contributed by atoms with E-state index < -0.39 is 0 Å². The Morgan fingerprint density at radius 3 is 2.83 bits per heavy atom. The molecule has 1 aromatic heterocycles. The summed E-state index contributed by atoms with van der Waals surface area (Å²) in [6.07, 6.45) is 6.20. The molecule has 0 amide bonds. The summed E-state index contributed by atoms with van der Waals surface area (Å²) in [5.74, 6) is 0.822. The molecule has 3 rings (SSSR count). The summed E-state index contributed by atoms with van der Waals surface area (Å²) in [6, 6.07) is 7.52. The quantitative estimate of drug-likeness (QED) is 0.714. The molecule has 0 unspecified atom stereocenters. The normalized spacial score (nSPS) is 22.5. The highest BCUT2D eigenvalue weighted by molar-refractivity contribution is 7.18. The average Bonchev–Trinajstić information content (AvgIpc) is 2.93. The number of benzene rings is 1. The summed E-state index contributed by atoms with van der Waals surface area (Å²) >= 11 is 1.87. The minimum absolute atomic E-state index is 0.566. The second-order valence-electron chi connectivity index (χ2n) is 7.73. The smallest absolute Gasteiger partial charge is 0.0938 e. The molecule has 24 heavy (non-hydrogen) atoms. The van der Waals surface area contributed by atoms with Crippen molar-refractivity contribution in [3.05, 3.63) is 28.8 Å². The summed E-state index contributed by atoms with van der Waals surface area (Å²) < 4.78 is 1.34. The number of hydrogen-bond acceptors (Lipinski definition) is 4. The fourth-order valence-corrected chi connectivity index (χ4v) is 4.79. The maximum atomic E-state index is 4.91. The van der Waals surface area contributed by atoms with E-state index in [1.807, 2.05) is 11.3 Å². The maximum Gasteiger partial charge on any atom is 0.0938 e. The molecule has 132 valence electrons. The Bertz CT molecular complexity index is 664. The Labute approximate surface area is 150 Å². The highest BCUT2D eigenvalue weighted by Crippen LogP contribution is 2.34. The van der Waals surface area contributed by atoms with E-state index >= 15 is 0 Å². The van der Waals surface area contributed by atoms with Crippen molar-refractivity contribution in [3.63, 3.8) is 0 Å². The van der Waals surface area contributed by atoms with Crippen LogP contribution in [0.4, 0.5) is 0 Å². The molecule has 0 aliphatic carbocycles. The third-order valence-electron chi connectivity index (χ3n) is 5.15. The largest absolute Gasteiger partial charge is 0.309 e. The van der Waals surface area contributed by atoms with Crippen molar-refractivity contribution < 1.29 is 0 Å². The number of thiazole rings is 1. The minimum atomic E-state index is 0.566. The van der Waals surface area contributed by atoms with Crippen LogP contribution in [-0.4, -0.2) is 49.0 Å². The lowest BCUT2D eigenvalue weighted by molar-refractivity contribution is 0.146. The van der Waals surface area contributed by atoms with Crippen LogP contribution in [0.1, 0.15) is 49.2 Å². The predicted octanol–water partition coefficient (Wildman–Crippen LogP) is 4.58. The van der Waals surface area contributed by atoms with E-state index in [0.717, 1.165) is 12.3 Å². The molecule has 1 aliphatic heterocycles. The van der Waals surface area contributed by atoms with Crippen molar-refractivity contribution >= 4 is 21.6 Å². The Morgan fingerprint density at radius 1 is 1.25 bits per heavy atom. The fourth-order valence-electron chi connectivity index (χ4n) is 3.80. The van der Waals surface area contributed by atoms with Crippen LogP contribution in [0.15, 0.2) is 18.2 Å². The first-order chi connectivity index (χ1) is 11.5. The minimum Gasteiger partial charge on any atom is -0.309 e. The van der Waals surface area contributed by atoms with E-state index in [-0.39, 0.29) is 0 Å². The average molecular weight is 346 g/mol. The number of rotatable bonds is 6. The van der Waals surface area contributed by atoms with Gasteiger partial charge in [0.2, 0.25) is 0 Å². The van der Waals surface area contributed by atoms with Gasteiger partial charge in [0, 0.05) is 12.6 Å². The summed E-state index contributed by atoms with van der Waals surface area (Å²) in [5, 5.41) is 1.30. The van der Waals surface area contributed by atoms with Crippen LogP contribution >= 0.6 is 11.3 Å².